The number of hydrogen-bond donors (Lipinski definition) is 2. The number of benzene rings is 2. The fourth-order valence-corrected chi connectivity index (χ4v) is 4.39. The third-order valence-corrected chi connectivity index (χ3v) is 6.38. The smallest absolute Gasteiger partial charge is 0.319 e. The monoisotopic (exact) mass is 395 g/mol. The molecule has 0 aliphatic rings. The first kappa shape index (κ1) is 19.6. The highest BCUT2D eigenvalue weighted by atomic mass is 32.2. The summed E-state index contributed by atoms with van der Waals surface area (Å²) in [6, 6.07) is 18.5. The highest BCUT2D eigenvalue weighted by Crippen LogP contribution is 2.28. The highest BCUT2D eigenvalue weighted by molar-refractivity contribution is 7.91. The van der Waals surface area contributed by atoms with E-state index in [1.54, 1.807) is 66.9 Å². The van der Waals surface area contributed by atoms with E-state index < -0.39 is 21.1 Å². The summed E-state index contributed by atoms with van der Waals surface area (Å²) in [5, 5.41) is 4.39. The largest absolute Gasteiger partial charge is 0.336 e. The maximum absolute atomic E-state index is 13.2. The van der Waals surface area contributed by atoms with E-state index in [9.17, 15) is 13.2 Å². The zero-order chi connectivity index (χ0) is 20.0. The van der Waals surface area contributed by atoms with Crippen LogP contribution in [-0.4, -0.2) is 26.0 Å². The van der Waals surface area contributed by atoms with Crippen molar-refractivity contribution in [2.24, 2.45) is 0 Å². The van der Waals surface area contributed by atoms with Gasteiger partial charge in [-0.05, 0) is 42.8 Å². The summed E-state index contributed by atoms with van der Waals surface area (Å²) < 4.78 is 26.4. The summed E-state index contributed by atoms with van der Waals surface area (Å²) in [5.41, 5.74) is 2.11. The van der Waals surface area contributed by atoms with Gasteiger partial charge in [0.25, 0.3) is 0 Å². The molecule has 6 nitrogen and oxygen atoms in total. The van der Waals surface area contributed by atoms with Crippen molar-refractivity contribution in [3.8, 4) is 0 Å². The van der Waals surface area contributed by atoms with Crippen molar-refractivity contribution in [2.45, 2.75) is 17.1 Å². The minimum absolute atomic E-state index is 0.0828. The van der Waals surface area contributed by atoms with E-state index in [0.29, 0.717) is 11.3 Å². The molecular weight excluding hydrogens is 374 g/mol. The number of hydrogen-bond acceptors (Lipinski definition) is 4. The van der Waals surface area contributed by atoms with Crippen molar-refractivity contribution in [1.82, 2.24) is 10.3 Å². The number of sulfone groups is 1. The Morgan fingerprint density at radius 2 is 1.71 bits per heavy atom. The lowest BCUT2D eigenvalue weighted by atomic mass is 10.2. The van der Waals surface area contributed by atoms with Gasteiger partial charge in [0.15, 0.2) is 9.84 Å². The van der Waals surface area contributed by atoms with E-state index in [0.717, 1.165) is 5.56 Å². The summed E-state index contributed by atoms with van der Waals surface area (Å²) >= 11 is 0. The van der Waals surface area contributed by atoms with Crippen LogP contribution in [0.1, 0.15) is 16.4 Å². The Morgan fingerprint density at radius 3 is 2.36 bits per heavy atom. The van der Waals surface area contributed by atoms with E-state index >= 15 is 0 Å². The van der Waals surface area contributed by atoms with Gasteiger partial charge in [0.05, 0.1) is 4.90 Å². The van der Waals surface area contributed by atoms with Crippen LogP contribution in [0.3, 0.4) is 0 Å². The molecule has 144 valence electrons. The minimum atomic E-state index is -3.72. The molecule has 1 aromatic heterocycles. The second-order valence-corrected chi connectivity index (χ2v) is 8.46. The van der Waals surface area contributed by atoms with Gasteiger partial charge in [-0.15, -0.1) is 0 Å². The Kier molecular flexibility index (Phi) is 6.06. The second-order valence-electron chi connectivity index (χ2n) is 6.33. The quantitative estimate of drug-likeness (QED) is 0.666. The molecule has 0 fully saturated rings. The third-order valence-electron chi connectivity index (χ3n) is 4.26. The van der Waals surface area contributed by atoms with Crippen molar-refractivity contribution in [2.75, 3.05) is 11.9 Å². The van der Waals surface area contributed by atoms with Gasteiger partial charge < -0.3 is 10.6 Å². The Balaban J connectivity index is 1.82. The molecule has 0 aliphatic heterocycles. The molecular formula is C21H21N3O3S. The van der Waals surface area contributed by atoms with E-state index in [2.05, 4.69) is 15.6 Å². The molecule has 3 aromatic rings. The molecule has 28 heavy (non-hydrogen) atoms. The van der Waals surface area contributed by atoms with E-state index in [1.165, 1.54) is 6.20 Å². The first-order valence-electron chi connectivity index (χ1n) is 8.77. The molecule has 0 radical (unpaired) electrons. The van der Waals surface area contributed by atoms with Crippen LogP contribution in [0.5, 0.6) is 0 Å². The van der Waals surface area contributed by atoms with Crippen molar-refractivity contribution >= 4 is 21.6 Å². The van der Waals surface area contributed by atoms with Crippen LogP contribution in [0, 0.1) is 6.92 Å². The molecule has 3 rings (SSSR count). The van der Waals surface area contributed by atoms with Crippen molar-refractivity contribution in [1.29, 1.82) is 0 Å². The summed E-state index contributed by atoms with van der Waals surface area (Å²) in [6.45, 7) is 1.81. The molecule has 1 unspecified atom stereocenters. The number of aromatic nitrogens is 1. The van der Waals surface area contributed by atoms with Gasteiger partial charge >= 0.3 is 6.03 Å². The van der Waals surface area contributed by atoms with Gasteiger partial charge in [-0.2, -0.15) is 0 Å². The lowest BCUT2D eigenvalue weighted by Crippen LogP contribution is -2.35. The highest BCUT2D eigenvalue weighted by Gasteiger charge is 2.29. The molecule has 0 aliphatic carbocycles. The number of aryl methyl sites for hydroxylation is 1. The summed E-state index contributed by atoms with van der Waals surface area (Å²) in [5.74, 6) is 0. The zero-order valence-electron chi connectivity index (χ0n) is 15.4. The van der Waals surface area contributed by atoms with Crippen LogP contribution in [0.2, 0.25) is 0 Å². The van der Waals surface area contributed by atoms with Gasteiger partial charge in [0, 0.05) is 24.6 Å². The molecule has 0 saturated heterocycles. The number of carbonyl (C=O) groups is 1. The fraction of sp³-hybridized carbons (Fsp3) is 0.143. The van der Waals surface area contributed by atoms with Crippen LogP contribution in [-0.2, 0) is 9.84 Å². The van der Waals surface area contributed by atoms with Crippen LogP contribution in [0.25, 0.3) is 0 Å². The van der Waals surface area contributed by atoms with Crippen molar-refractivity contribution in [3.63, 3.8) is 0 Å². The summed E-state index contributed by atoms with van der Waals surface area (Å²) in [7, 11) is -3.72. The number of rotatable bonds is 6. The van der Waals surface area contributed by atoms with Gasteiger partial charge in [0.2, 0.25) is 0 Å². The van der Waals surface area contributed by atoms with Crippen molar-refractivity contribution in [3.05, 3.63) is 90.3 Å². The number of pyridine rings is 1. The topological polar surface area (TPSA) is 88.2 Å². The lowest BCUT2D eigenvalue weighted by Gasteiger charge is -2.19. The van der Waals surface area contributed by atoms with Crippen LogP contribution in [0.15, 0.2) is 84.0 Å². The molecule has 2 amide bonds. The molecule has 7 heteroatoms. The second kappa shape index (κ2) is 8.67. The zero-order valence-corrected chi connectivity index (χ0v) is 16.2. The summed E-state index contributed by atoms with van der Waals surface area (Å²) in [4.78, 5) is 16.5. The molecule has 0 saturated carbocycles. The number of nitrogens with one attached hydrogen (secondary N) is 2. The van der Waals surface area contributed by atoms with Crippen molar-refractivity contribution < 1.29 is 13.2 Å². The Bertz CT molecular complexity index is 1020. The van der Waals surface area contributed by atoms with Gasteiger partial charge in [0.1, 0.15) is 5.25 Å². The molecule has 0 spiro atoms. The SMILES string of the molecule is Cc1ccc(S(=O)(=O)C(CNC(=O)Nc2ccccc2)c2cccnc2)cc1. The Labute approximate surface area is 164 Å². The van der Waals surface area contributed by atoms with Crippen LogP contribution < -0.4 is 10.6 Å². The number of para-hydroxylation sites is 1. The first-order chi connectivity index (χ1) is 13.5. The van der Waals surface area contributed by atoms with E-state index in [-0.39, 0.29) is 11.4 Å². The molecule has 2 N–H and O–H groups in total. The number of carbonyl (C=O) groups excluding carboxylic acids is 1. The number of amides is 2. The summed E-state index contributed by atoms with van der Waals surface area (Å²) in [6.07, 6.45) is 3.09. The normalized spacial score (nSPS) is 12.2. The third kappa shape index (κ3) is 4.75. The average molecular weight is 395 g/mol. The van der Waals surface area contributed by atoms with E-state index in [4.69, 9.17) is 0 Å². The Hall–Kier alpha value is -3.19. The Morgan fingerprint density at radius 1 is 1.00 bits per heavy atom. The predicted octanol–water partition coefficient (Wildman–Crippen LogP) is 3.73. The minimum Gasteiger partial charge on any atom is -0.336 e. The maximum Gasteiger partial charge on any atom is 0.319 e. The number of nitrogens with zero attached hydrogens (tertiary/aromatic N) is 1. The van der Waals surface area contributed by atoms with Gasteiger partial charge in [-0.25, -0.2) is 13.2 Å². The number of urea groups is 1. The molecule has 1 atom stereocenters. The average Bonchev–Trinajstić information content (AvgIpc) is 2.70. The van der Waals surface area contributed by atoms with Crippen LogP contribution >= 0.6 is 0 Å². The van der Waals surface area contributed by atoms with Gasteiger partial charge in [-0.1, -0.05) is 42.0 Å². The first-order valence-corrected chi connectivity index (χ1v) is 10.3. The molecule has 0 bridgehead atoms. The number of anilines is 1. The van der Waals surface area contributed by atoms with Gasteiger partial charge in [-0.3, -0.25) is 4.98 Å². The molecule has 1 heterocycles. The molecule has 2 aromatic carbocycles. The van der Waals surface area contributed by atoms with Crippen LogP contribution in [0.4, 0.5) is 10.5 Å². The lowest BCUT2D eigenvalue weighted by molar-refractivity contribution is 0.252. The maximum atomic E-state index is 13.2. The predicted molar refractivity (Wildman–Crippen MR) is 109 cm³/mol. The van der Waals surface area contributed by atoms with E-state index in [1.807, 2.05) is 13.0 Å². The standard InChI is InChI=1S/C21H21N3O3S/c1-16-9-11-19(12-10-16)28(26,27)20(17-6-5-13-22-14-17)15-23-21(25)24-18-7-3-2-4-8-18/h2-14,20H,15H2,1H3,(H2,23,24,25). The fourth-order valence-electron chi connectivity index (χ4n) is 2.75.